The monoisotopic (exact) mass is 395 g/mol. The molecule has 0 radical (unpaired) electrons. The molecular formula is C18H18FNO6S. The Bertz CT molecular complexity index is 1010. The molecule has 7 nitrogen and oxygen atoms in total. The molecular weight excluding hydrogens is 377 g/mol. The second kappa shape index (κ2) is 7.07. The van der Waals surface area contributed by atoms with Gasteiger partial charge in [-0.2, -0.15) is 0 Å². The van der Waals surface area contributed by atoms with Crippen LogP contribution in [0.15, 0.2) is 35.2 Å². The van der Waals surface area contributed by atoms with Crippen molar-refractivity contribution in [1.29, 1.82) is 0 Å². The number of sulfonamides is 1. The fourth-order valence-corrected chi connectivity index (χ4v) is 3.92. The van der Waals surface area contributed by atoms with Crippen LogP contribution in [0.5, 0.6) is 11.5 Å². The average molecular weight is 395 g/mol. The number of nitrogens with one attached hydrogen (secondary N) is 1. The molecule has 1 aliphatic rings. The number of carboxylic acid groups (broad SMARTS) is 1. The van der Waals surface area contributed by atoms with Crippen LogP contribution in [0.4, 0.5) is 10.1 Å². The van der Waals surface area contributed by atoms with Crippen molar-refractivity contribution in [2.75, 3.05) is 11.3 Å². The second-order valence-corrected chi connectivity index (χ2v) is 7.76. The molecule has 2 N–H and O–H groups in total. The first-order valence-electron chi connectivity index (χ1n) is 8.23. The fourth-order valence-electron chi connectivity index (χ4n) is 2.83. The summed E-state index contributed by atoms with van der Waals surface area (Å²) in [6.07, 6.45) is 0.652. The molecule has 1 unspecified atom stereocenters. The quantitative estimate of drug-likeness (QED) is 0.780. The minimum absolute atomic E-state index is 0.0310. The van der Waals surface area contributed by atoms with Gasteiger partial charge in [-0.3, -0.25) is 4.72 Å². The first-order chi connectivity index (χ1) is 12.7. The molecule has 0 spiro atoms. The summed E-state index contributed by atoms with van der Waals surface area (Å²) in [7, 11) is -4.17. The number of fused-ring (bicyclic) bond motifs is 1. The molecule has 144 valence electrons. The van der Waals surface area contributed by atoms with E-state index in [0.717, 1.165) is 23.8 Å². The summed E-state index contributed by atoms with van der Waals surface area (Å²) in [6, 6.07) is 5.81. The minimum Gasteiger partial charge on any atom is -0.492 e. The number of rotatable bonds is 6. The highest BCUT2D eigenvalue weighted by atomic mass is 32.2. The highest BCUT2D eigenvalue weighted by molar-refractivity contribution is 7.92. The lowest BCUT2D eigenvalue weighted by atomic mass is 10.1. The van der Waals surface area contributed by atoms with Crippen LogP contribution in [-0.2, 0) is 16.4 Å². The molecule has 0 saturated carbocycles. The van der Waals surface area contributed by atoms with Crippen LogP contribution in [0.2, 0.25) is 0 Å². The first-order valence-corrected chi connectivity index (χ1v) is 9.71. The van der Waals surface area contributed by atoms with Gasteiger partial charge in [-0.15, -0.1) is 0 Å². The summed E-state index contributed by atoms with van der Waals surface area (Å²) in [5.41, 5.74) is 0.337. The van der Waals surface area contributed by atoms with E-state index in [1.54, 1.807) is 13.0 Å². The fraction of sp³-hybridized carbons (Fsp3) is 0.278. The largest absolute Gasteiger partial charge is 0.492 e. The predicted molar refractivity (Wildman–Crippen MR) is 95.6 cm³/mol. The number of carboxylic acids is 1. The molecule has 9 heteroatoms. The average Bonchev–Trinajstić information content (AvgIpc) is 2.94. The van der Waals surface area contributed by atoms with Crippen molar-refractivity contribution in [2.45, 2.75) is 31.3 Å². The van der Waals surface area contributed by atoms with Crippen LogP contribution in [-0.4, -0.2) is 32.2 Å². The lowest BCUT2D eigenvalue weighted by Crippen LogP contribution is -2.15. The first kappa shape index (κ1) is 19.0. The zero-order valence-electron chi connectivity index (χ0n) is 14.7. The topological polar surface area (TPSA) is 102 Å². The molecule has 0 bridgehead atoms. The highest BCUT2D eigenvalue weighted by Gasteiger charge is 2.25. The van der Waals surface area contributed by atoms with Crippen LogP contribution in [0.3, 0.4) is 0 Å². The maximum atomic E-state index is 13.6. The molecule has 2 aromatic rings. The number of hydrogen-bond acceptors (Lipinski definition) is 5. The zero-order chi connectivity index (χ0) is 19.8. The summed E-state index contributed by atoms with van der Waals surface area (Å²) in [5, 5.41) is 9.00. The number of carbonyl (C=O) groups is 1. The minimum atomic E-state index is -4.17. The van der Waals surface area contributed by atoms with Gasteiger partial charge in [0, 0.05) is 18.1 Å². The van der Waals surface area contributed by atoms with Gasteiger partial charge < -0.3 is 14.6 Å². The number of halogens is 1. The third kappa shape index (κ3) is 3.82. The van der Waals surface area contributed by atoms with Crippen molar-refractivity contribution in [3.8, 4) is 11.5 Å². The van der Waals surface area contributed by atoms with E-state index in [0.29, 0.717) is 24.5 Å². The summed E-state index contributed by atoms with van der Waals surface area (Å²) in [4.78, 5) is 10.7. The van der Waals surface area contributed by atoms with E-state index in [9.17, 15) is 17.6 Å². The van der Waals surface area contributed by atoms with Crippen molar-refractivity contribution >= 4 is 21.7 Å². The second-order valence-electron chi connectivity index (χ2n) is 6.07. The Morgan fingerprint density at radius 3 is 2.78 bits per heavy atom. The Morgan fingerprint density at radius 2 is 2.11 bits per heavy atom. The van der Waals surface area contributed by atoms with Gasteiger partial charge in [0.1, 0.15) is 23.4 Å². The number of benzene rings is 2. The van der Waals surface area contributed by atoms with Gasteiger partial charge in [-0.25, -0.2) is 17.6 Å². The molecule has 3 rings (SSSR count). The maximum Gasteiger partial charge on any atom is 0.338 e. The molecule has 0 aliphatic carbocycles. The lowest BCUT2D eigenvalue weighted by Gasteiger charge is -2.15. The van der Waals surface area contributed by atoms with Crippen LogP contribution < -0.4 is 14.2 Å². The Hall–Kier alpha value is -2.81. The molecule has 0 fully saturated rings. The van der Waals surface area contributed by atoms with Gasteiger partial charge in [0.25, 0.3) is 10.0 Å². The molecule has 1 atom stereocenters. The highest BCUT2D eigenvalue weighted by Crippen LogP contribution is 2.39. The van der Waals surface area contributed by atoms with Crippen LogP contribution in [0.1, 0.15) is 29.8 Å². The van der Waals surface area contributed by atoms with E-state index in [2.05, 4.69) is 4.72 Å². The Kier molecular flexibility index (Phi) is 4.97. The molecule has 1 heterocycles. The van der Waals surface area contributed by atoms with Gasteiger partial charge in [0.2, 0.25) is 0 Å². The molecule has 0 aromatic heterocycles. The molecule has 0 saturated heterocycles. The molecule has 0 amide bonds. The van der Waals surface area contributed by atoms with Gasteiger partial charge in [-0.1, -0.05) is 0 Å². The summed E-state index contributed by atoms with van der Waals surface area (Å²) < 4.78 is 52.5. The van der Waals surface area contributed by atoms with E-state index in [1.165, 1.54) is 6.07 Å². The van der Waals surface area contributed by atoms with Crippen LogP contribution in [0.25, 0.3) is 0 Å². The van der Waals surface area contributed by atoms with Gasteiger partial charge in [0.15, 0.2) is 0 Å². The van der Waals surface area contributed by atoms with Crippen molar-refractivity contribution in [1.82, 2.24) is 0 Å². The normalized spacial score (nSPS) is 15.7. The van der Waals surface area contributed by atoms with Gasteiger partial charge in [0.05, 0.1) is 22.8 Å². The van der Waals surface area contributed by atoms with Gasteiger partial charge in [-0.05, 0) is 38.1 Å². The van der Waals surface area contributed by atoms with E-state index in [-0.39, 0.29) is 16.7 Å². The number of aromatic carboxylic acids is 1. The van der Waals surface area contributed by atoms with Crippen LogP contribution in [0, 0.1) is 5.82 Å². The molecule has 27 heavy (non-hydrogen) atoms. The van der Waals surface area contributed by atoms with Crippen molar-refractivity contribution < 1.29 is 32.2 Å². The standard InChI is InChI=1S/C18H18FNO6S/c1-3-25-17-7-11-6-10(2)26-16(11)9-15(17)20-27(23,24)12-4-5-14(19)13(8-12)18(21)22/h4-5,7-10,20H,3,6H2,1-2H3,(H,21,22). The maximum absolute atomic E-state index is 13.6. The van der Waals surface area contributed by atoms with Crippen LogP contribution >= 0.6 is 0 Å². The van der Waals surface area contributed by atoms with E-state index < -0.39 is 27.4 Å². The Labute approximate surface area is 155 Å². The van der Waals surface area contributed by atoms with Crippen molar-refractivity contribution in [2.24, 2.45) is 0 Å². The third-order valence-corrected chi connectivity index (χ3v) is 5.38. The van der Waals surface area contributed by atoms with Gasteiger partial charge >= 0.3 is 5.97 Å². The number of ether oxygens (including phenoxy) is 2. The third-order valence-electron chi connectivity index (χ3n) is 4.02. The Balaban J connectivity index is 2.00. The zero-order valence-corrected chi connectivity index (χ0v) is 15.5. The van der Waals surface area contributed by atoms with E-state index in [1.807, 2.05) is 6.92 Å². The summed E-state index contributed by atoms with van der Waals surface area (Å²) >= 11 is 0. The van der Waals surface area contributed by atoms with E-state index in [4.69, 9.17) is 14.6 Å². The SMILES string of the molecule is CCOc1cc2c(cc1NS(=O)(=O)c1ccc(F)c(C(=O)O)c1)OC(C)C2. The molecule has 1 aliphatic heterocycles. The molecule has 2 aromatic carbocycles. The van der Waals surface area contributed by atoms with Crippen molar-refractivity contribution in [3.63, 3.8) is 0 Å². The number of anilines is 1. The summed E-state index contributed by atoms with van der Waals surface area (Å²) in [6.45, 7) is 3.99. The number of hydrogen-bond donors (Lipinski definition) is 2. The van der Waals surface area contributed by atoms with E-state index >= 15 is 0 Å². The smallest absolute Gasteiger partial charge is 0.338 e. The van der Waals surface area contributed by atoms with Crippen molar-refractivity contribution in [3.05, 3.63) is 47.3 Å². The predicted octanol–water partition coefficient (Wildman–Crippen LogP) is 3.05. The lowest BCUT2D eigenvalue weighted by molar-refractivity contribution is 0.0691. The summed E-state index contributed by atoms with van der Waals surface area (Å²) in [5.74, 6) is -1.69. The Morgan fingerprint density at radius 1 is 1.37 bits per heavy atom.